The smallest absolute Gasteiger partial charge is 0.270 e. The van der Waals surface area contributed by atoms with Crippen molar-refractivity contribution in [2.45, 2.75) is 19.8 Å². The Bertz CT molecular complexity index is 1060. The van der Waals surface area contributed by atoms with Gasteiger partial charge >= 0.3 is 0 Å². The molecule has 0 bridgehead atoms. The van der Waals surface area contributed by atoms with Crippen LogP contribution in [0.3, 0.4) is 0 Å². The van der Waals surface area contributed by atoms with Crippen molar-refractivity contribution in [1.82, 2.24) is 9.47 Å². The Morgan fingerprint density at radius 3 is 2.61 bits per heavy atom. The van der Waals surface area contributed by atoms with Gasteiger partial charge < -0.3 is 9.47 Å². The number of amides is 1. The van der Waals surface area contributed by atoms with Crippen LogP contribution in [-0.2, 0) is 7.05 Å². The first-order chi connectivity index (χ1) is 13.5. The molecule has 0 aliphatic carbocycles. The average molecular weight is 378 g/mol. The lowest BCUT2D eigenvalue weighted by molar-refractivity contribution is 0.0629. The van der Waals surface area contributed by atoms with Crippen LogP contribution in [0.25, 0.3) is 10.9 Å². The normalized spacial score (nSPS) is 17.1. The minimum Gasteiger partial charge on any atom is -0.339 e. The highest BCUT2D eigenvalue weighted by atomic mass is 19.1. The third-order valence-electron chi connectivity index (χ3n) is 5.75. The van der Waals surface area contributed by atoms with Crippen LogP contribution in [0, 0.1) is 18.7 Å². The second kappa shape index (κ2) is 7.23. The molecule has 144 valence electrons. The quantitative estimate of drug-likeness (QED) is 0.636. The van der Waals surface area contributed by atoms with Gasteiger partial charge in [-0.2, -0.15) is 0 Å². The molecule has 2 aromatic carbocycles. The van der Waals surface area contributed by atoms with Gasteiger partial charge in [0.05, 0.1) is 0 Å². The van der Waals surface area contributed by atoms with Gasteiger partial charge in [0, 0.05) is 42.5 Å². The number of carbonyl (C=O) groups excluding carboxylic acids is 2. The molecule has 5 heteroatoms. The Labute approximate surface area is 163 Å². The van der Waals surface area contributed by atoms with Crippen LogP contribution in [0.5, 0.6) is 0 Å². The molecule has 3 aromatic rings. The molecule has 1 amide bonds. The van der Waals surface area contributed by atoms with Crippen molar-refractivity contribution < 1.29 is 14.0 Å². The Kier molecular flexibility index (Phi) is 4.75. The molecule has 1 atom stereocenters. The molecule has 1 saturated heterocycles. The number of ketones is 1. The van der Waals surface area contributed by atoms with Gasteiger partial charge in [0.2, 0.25) is 0 Å². The Hall–Kier alpha value is -2.95. The van der Waals surface area contributed by atoms with Gasteiger partial charge in [0.25, 0.3) is 5.91 Å². The standard InChI is InChI=1S/C23H23FN2O2/c1-15-19-13-18(24)10-11-20(19)25(2)21(15)23(28)26-12-6-9-17(14-26)22(27)16-7-4-3-5-8-16/h3-5,7-8,10-11,13,17H,6,9,12,14H2,1-2H3/t17-/m1/s1. The van der Waals surface area contributed by atoms with Gasteiger partial charge in [-0.15, -0.1) is 0 Å². The number of fused-ring (bicyclic) bond motifs is 1. The van der Waals surface area contributed by atoms with E-state index in [-0.39, 0.29) is 23.4 Å². The number of benzene rings is 2. The molecular formula is C23H23FN2O2. The van der Waals surface area contributed by atoms with Crippen molar-refractivity contribution >= 4 is 22.6 Å². The number of rotatable bonds is 3. The molecule has 4 nitrogen and oxygen atoms in total. The van der Waals surface area contributed by atoms with E-state index in [4.69, 9.17) is 0 Å². The number of hydrogen-bond acceptors (Lipinski definition) is 2. The summed E-state index contributed by atoms with van der Waals surface area (Å²) in [6.07, 6.45) is 1.59. The largest absolute Gasteiger partial charge is 0.339 e. The zero-order valence-corrected chi connectivity index (χ0v) is 16.1. The summed E-state index contributed by atoms with van der Waals surface area (Å²) in [6, 6.07) is 13.8. The molecule has 4 rings (SSSR count). The van der Waals surface area contributed by atoms with Crippen LogP contribution < -0.4 is 0 Å². The fourth-order valence-electron chi connectivity index (χ4n) is 4.27. The van der Waals surface area contributed by atoms with Gasteiger partial charge in [0.15, 0.2) is 5.78 Å². The average Bonchev–Trinajstić information content (AvgIpc) is 2.97. The Balaban J connectivity index is 1.62. The molecule has 0 radical (unpaired) electrons. The highest BCUT2D eigenvalue weighted by molar-refractivity contribution is 6.02. The van der Waals surface area contributed by atoms with Crippen LogP contribution in [0.15, 0.2) is 48.5 Å². The van der Waals surface area contributed by atoms with E-state index in [2.05, 4.69) is 0 Å². The van der Waals surface area contributed by atoms with E-state index in [0.717, 1.165) is 29.3 Å². The molecule has 2 heterocycles. The van der Waals surface area contributed by atoms with Crippen LogP contribution in [-0.4, -0.2) is 34.2 Å². The number of aromatic nitrogens is 1. The number of halogens is 1. The van der Waals surface area contributed by atoms with E-state index in [1.165, 1.54) is 12.1 Å². The van der Waals surface area contributed by atoms with E-state index >= 15 is 0 Å². The number of likely N-dealkylation sites (tertiary alicyclic amines) is 1. The highest BCUT2D eigenvalue weighted by Gasteiger charge is 2.31. The van der Waals surface area contributed by atoms with Gasteiger partial charge in [-0.25, -0.2) is 4.39 Å². The summed E-state index contributed by atoms with van der Waals surface area (Å²) in [5, 5.41) is 0.750. The SMILES string of the molecule is Cc1c(C(=O)N2CCC[C@@H](C(=O)c3ccccc3)C2)n(C)c2ccc(F)cc12. The predicted octanol–water partition coefficient (Wildman–Crippen LogP) is 4.36. The maximum absolute atomic E-state index is 13.7. The number of nitrogens with zero attached hydrogens (tertiary/aromatic N) is 2. The van der Waals surface area contributed by atoms with Crippen molar-refractivity contribution in [3.63, 3.8) is 0 Å². The third-order valence-corrected chi connectivity index (χ3v) is 5.75. The number of hydrogen-bond donors (Lipinski definition) is 0. The fraction of sp³-hybridized carbons (Fsp3) is 0.304. The number of carbonyl (C=O) groups is 2. The molecule has 0 saturated carbocycles. The molecule has 1 aliphatic heterocycles. The van der Waals surface area contributed by atoms with E-state index in [0.29, 0.717) is 24.3 Å². The summed E-state index contributed by atoms with van der Waals surface area (Å²) in [7, 11) is 1.83. The first kappa shape index (κ1) is 18.4. The van der Waals surface area contributed by atoms with Gasteiger partial charge in [-0.05, 0) is 43.5 Å². The van der Waals surface area contributed by atoms with Crippen LogP contribution in [0.1, 0.15) is 39.3 Å². The fourth-order valence-corrected chi connectivity index (χ4v) is 4.27. The topological polar surface area (TPSA) is 42.3 Å². The maximum atomic E-state index is 13.7. The summed E-state index contributed by atoms with van der Waals surface area (Å²) in [4.78, 5) is 27.9. The zero-order chi connectivity index (χ0) is 19.8. The number of aryl methyl sites for hydroxylation is 2. The second-order valence-electron chi connectivity index (χ2n) is 7.51. The first-order valence-corrected chi connectivity index (χ1v) is 9.60. The number of Topliss-reactive ketones (excluding diaryl/α,β-unsaturated/α-hetero) is 1. The van der Waals surface area contributed by atoms with E-state index in [1.54, 1.807) is 11.0 Å². The lowest BCUT2D eigenvalue weighted by Gasteiger charge is -2.32. The molecular weight excluding hydrogens is 355 g/mol. The summed E-state index contributed by atoms with van der Waals surface area (Å²) in [6.45, 7) is 2.90. The zero-order valence-electron chi connectivity index (χ0n) is 16.1. The Morgan fingerprint density at radius 2 is 1.86 bits per heavy atom. The molecule has 1 fully saturated rings. The van der Waals surface area contributed by atoms with Crippen molar-refractivity contribution in [3.05, 3.63) is 71.2 Å². The molecule has 0 spiro atoms. The van der Waals surface area contributed by atoms with Crippen molar-refractivity contribution in [2.24, 2.45) is 13.0 Å². The summed E-state index contributed by atoms with van der Waals surface area (Å²) in [5.41, 5.74) is 2.86. The molecule has 28 heavy (non-hydrogen) atoms. The van der Waals surface area contributed by atoms with E-state index in [9.17, 15) is 14.0 Å². The minimum absolute atomic E-state index is 0.0916. The van der Waals surface area contributed by atoms with Gasteiger partial charge in [-0.1, -0.05) is 30.3 Å². The molecule has 1 aliphatic rings. The molecule has 0 N–H and O–H groups in total. The Morgan fingerprint density at radius 1 is 1.11 bits per heavy atom. The summed E-state index contributed by atoms with van der Waals surface area (Å²) < 4.78 is 15.5. The second-order valence-corrected chi connectivity index (χ2v) is 7.51. The lowest BCUT2D eigenvalue weighted by atomic mass is 9.90. The van der Waals surface area contributed by atoms with Crippen molar-refractivity contribution in [3.8, 4) is 0 Å². The summed E-state index contributed by atoms with van der Waals surface area (Å²) >= 11 is 0. The molecule has 0 unspecified atom stereocenters. The van der Waals surface area contributed by atoms with Crippen LogP contribution >= 0.6 is 0 Å². The first-order valence-electron chi connectivity index (χ1n) is 9.60. The monoisotopic (exact) mass is 378 g/mol. The van der Waals surface area contributed by atoms with Crippen molar-refractivity contribution in [1.29, 1.82) is 0 Å². The third kappa shape index (κ3) is 3.11. The van der Waals surface area contributed by atoms with E-state index < -0.39 is 0 Å². The molecule has 1 aromatic heterocycles. The predicted molar refractivity (Wildman–Crippen MR) is 107 cm³/mol. The van der Waals surface area contributed by atoms with E-state index in [1.807, 2.05) is 48.9 Å². The van der Waals surface area contributed by atoms with Gasteiger partial charge in [-0.3, -0.25) is 9.59 Å². The highest BCUT2D eigenvalue weighted by Crippen LogP contribution is 2.28. The number of piperidine rings is 1. The van der Waals surface area contributed by atoms with Crippen LogP contribution in [0.2, 0.25) is 0 Å². The van der Waals surface area contributed by atoms with Gasteiger partial charge in [0.1, 0.15) is 11.5 Å². The lowest BCUT2D eigenvalue weighted by Crippen LogP contribution is -2.43. The minimum atomic E-state index is -0.313. The van der Waals surface area contributed by atoms with Crippen molar-refractivity contribution in [2.75, 3.05) is 13.1 Å². The van der Waals surface area contributed by atoms with Crippen LogP contribution in [0.4, 0.5) is 4.39 Å². The maximum Gasteiger partial charge on any atom is 0.270 e. The summed E-state index contributed by atoms with van der Waals surface area (Å²) in [5.74, 6) is -0.504.